The fourth-order valence-corrected chi connectivity index (χ4v) is 4.27. The minimum Gasteiger partial charge on any atom is -0.471 e. The molecule has 13 heteroatoms. The molecule has 2 N–H and O–H groups in total. The lowest BCUT2D eigenvalue weighted by Crippen LogP contribution is -2.41. The third kappa shape index (κ3) is 4.36. The maximum Gasteiger partial charge on any atom is 0.272 e. The summed E-state index contributed by atoms with van der Waals surface area (Å²) in [5.41, 5.74) is 1.65. The summed E-state index contributed by atoms with van der Waals surface area (Å²) in [5, 5.41) is 14.2. The van der Waals surface area contributed by atoms with E-state index in [9.17, 15) is 17.2 Å². The minimum atomic E-state index is -3.20. The first-order valence-corrected chi connectivity index (χ1v) is 11.2. The van der Waals surface area contributed by atoms with E-state index in [-0.39, 0.29) is 11.9 Å². The van der Waals surface area contributed by atoms with E-state index in [4.69, 9.17) is 4.74 Å². The van der Waals surface area contributed by atoms with Gasteiger partial charge in [0.15, 0.2) is 12.3 Å². The Kier molecular flexibility index (Phi) is 5.56. The van der Waals surface area contributed by atoms with Crippen molar-refractivity contribution in [3.8, 4) is 17.0 Å². The molecular formula is C17H21F2N7O3S. The largest absolute Gasteiger partial charge is 0.471 e. The van der Waals surface area contributed by atoms with Crippen molar-refractivity contribution in [3.05, 3.63) is 24.5 Å². The van der Waals surface area contributed by atoms with Crippen molar-refractivity contribution < 1.29 is 21.9 Å². The number of halogens is 2. The van der Waals surface area contributed by atoms with Crippen molar-refractivity contribution in [2.45, 2.75) is 25.3 Å². The van der Waals surface area contributed by atoms with Gasteiger partial charge in [-0.2, -0.15) is 14.6 Å². The molecule has 3 aromatic rings. The number of nitrogens with one attached hydrogen (secondary N) is 2. The average molecular weight is 441 g/mol. The molecule has 4 heterocycles. The maximum atomic E-state index is 12.8. The molecule has 3 aromatic heterocycles. The smallest absolute Gasteiger partial charge is 0.272 e. The fraction of sp³-hybridized carbons (Fsp3) is 0.471. The highest BCUT2D eigenvalue weighted by molar-refractivity contribution is 7.88. The quantitative estimate of drug-likeness (QED) is 0.572. The summed E-state index contributed by atoms with van der Waals surface area (Å²) in [5.74, 6) is 0.459. The number of sulfonamides is 1. The van der Waals surface area contributed by atoms with Gasteiger partial charge in [0.05, 0.1) is 12.5 Å². The standard InChI is InChI=1S/C17H21F2N7O3S/c1-30(27,28)25-6-4-12(5-7-25)22-17-23-15-3-2-13(11-8-20-21-9-11)16(26(15)24-17)29-10-14(18)19/h2-3,8-9,12,14H,4-7,10H2,1H3,(H,20,21)(H,22,24). The third-order valence-electron chi connectivity index (χ3n) is 4.87. The van der Waals surface area contributed by atoms with Crippen molar-refractivity contribution in [2.24, 2.45) is 0 Å². The van der Waals surface area contributed by atoms with Crippen molar-refractivity contribution in [2.75, 3.05) is 31.3 Å². The van der Waals surface area contributed by atoms with E-state index in [1.54, 1.807) is 24.5 Å². The summed E-state index contributed by atoms with van der Waals surface area (Å²) in [7, 11) is -3.20. The van der Waals surface area contributed by atoms with Gasteiger partial charge in [0.1, 0.15) is 0 Å². The Bertz CT molecular complexity index is 1110. The molecule has 10 nitrogen and oxygen atoms in total. The minimum absolute atomic E-state index is 0.000751. The Balaban J connectivity index is 1.58. The molecule has 0 bridgehead atoms. The Morgan fingerprint density at radius 1 is 1.33 bits per heavy atom. The van der Waals surface area contributed by atoms with E-state index in [0.29, 0.717) is 48.7 Å². The summed E-state index contributed by atoms with van der Waals surface area (Å²) >= 11 is 0. The fourth-order valence-electron chi connectivity index (χ4n) is 3.40. The van der Waals surface area contributed by atoms with E-state index in [1.807, 2.05) is 0 Å². The van der Waals surface area contributed by atoms with Gasteiger partial charge < -0.3 is 10.1 Å². The molecule has 1 fully saturated rings. The van der Waals surface area contributed by atoms with Crippen LogP contribution in [0.25, 0.3) is 16.8 Å². The second kappa shape index (κ2) is 8.14. The summed E-state index contributed by atoms with van der Waals surface area (Å²) < 4.78 is 57.0. The van der Waals surface area contributed by atoms with Gasteiger partial charge in [-0.1, -0.05) is 0 Å². The van der Waals surface area contributed by atoms with Crippen LogP contribution >= 0.6 is 0 Å². The molecule has 0 aliphatic carbocycles. The van der Waals surface area contributed by atoms with Crippen LogP contribution in [0.5, 0.6) is 5.88 Å². The first-order chi connectivity index (χ1) is 14.3. The van der Waals surface area contributed by atoms with Crippen LogP contribution in [0.4, 0.5) is 14.7 Å². The predicted molar refractivity (Wildman–Crippen MR) is 105 cm³/mol. The maximum absolute atomic E-state index is 12.8. The van der Waals surface area contributed by atoms with Gasteiger partial charge in [-0.15, -0.1) is 5.10 Å². The van der Waals surface area contributed by atoms with Gasteiger partial charge in [0.2, 0.25) is 21.9 Å². The number of aromatic amines is 1. The number of piperidine rings is 1. The van der Waals surface area contributed by atoms with Crippen molar-refractivity contribution in [1.82, 2.24) is 29.1 Å². The van der Waals surface area contributed by atoms with Gasteiger partial charge >= 0.3 is 0 Å². The third-order valence-corrected chi connectivity index (χ3v) is 6.17. The molecule has 0 unspecified atom stereocenters. The second-order valence-electron chi connectivity index (χ2n) is 7.03. The van der Waals surface area contributed by atoms with E-state index in [2.05, 4.69) is 25.6 Å². The first kappa shape index (κ1) is 20.5. The molecule has 0 spiro atoms. The number of hydrogen-bond donors (Lipinski definition) is 2. The van der Waals surface area contributed by atoms with E-state index in [1.165, 1.54) is 15.1 Å². The number of fused-ring (bicyclic) bond motifs is 1. The zero-order valence-electron chi connectivity index (χ0n) is 16.1. The summed E-state index contributed by atoms with van der Waals surface area (Å²) in [6, 6.07) is 3.42. The molecule has 0 aromatic carbocycles. The van der Waals surface area contributed by atoms with Gasteiger partial charge in [0, 0.05) is 36.5 Å². The van der Waals surface area contributed by atoms with E-state index in [0.717, 1.165) is 0 Å². The van der Waals surface area contributed by atoms with Gasteiger partial charge in [-0.3, -0.25) is 5.10 Å². The predicted octanol–water partition coefficient (Wildman–Crippen LogP) is 1.60. The van der Waals surface area contributed by atoms with Crippen LogP contribution in [-0.2, 0) is 10.0 Å². The summed E-state index contributed by atoms with van der Waals surface area (Å²) in [6.45, 7) is 0.0467. The van der Waals surface area contributed by atoms with Gasteiger partial charge in [0.25, 0.3) is 6.43 Å². The Morgan fingerprint density at radius 3 is 2.73 bits per heavy atom. The molecule has 1 saturated heterocycles. The lowest BCUT2D eigenvalue weighted by Gasteiger charge is -2.30. The van der Waals surface area contributed by atoms with E-state index >= 15 is 0 Å². The number of hydrogen-bond acceptors (Lipinski definition) is 7. The molecule has 1 aliphatic rings. The number of ether oxygens (including phenoxy) is 1. The number of anilines is 1. The van der Waals surface area contributed by atoms with Gasteiger partial charge in [-0.05, 0) is 25.0 Å². The van der Waals surface area contributed by atoms with Crippen LogP contribution in [0.15, 0.2) is 24.5 Å². The van der Waals surface area contributed by atoms with Crippen LogP contribution < -0.4 is 10.1 Å². The van der Waals surface area contributed by atoms with Crippen molar-refractivity contribution >= 4 is 21.6 Å². The summed E-state index contributed by atoms with van der Waals surface area (Å²) in [6.07, 6.45) is 2.96. The summed E-state index contributed by atoms with van der Waals surface area (Å²) in [4.78, 5) is 4.40. The molecule has 1 aliphatic heterocycles. The highest BCUT2D eigenvalue weighted by Crippen LogP contribution is 2.31. The van der Waals surface area contributed by atoms with Crippen molar-refractivity contribution in [1.29, 1.82) is 0 Å². The first-order valence-electron chi connectivity index (χ1n) is 9.33. The van der Waals surface area contributed by atoms with E-state index < -0.39 is 23.1 Å². The van der Waals surface area contributed by atoms with Crippen LogP contribution in [0.1, 0.15) is 12.8 Å². The van der Waals surface area contributed by atoms with Crippen LogP contribution in [0.3, 0.4) is 0 Å². The van der Waals surface area contributed by atoms with Crippen LogP contribution in [-0.4, -0.2) is 75.9 Å². The number of rotatable bonds is 7. The molecule has 0 radical (unpaired) electrons. The van der Waals surface area contributed by atoms with Crippen LogP contribution in [0.2, 0.25) is 0 Å². The Labute approximate surface area is 171 Å². The highest BCUT2D eigenvalue weighted by atomic mass is 32.2. The van der Waals surface area contributed by atoms with Gasteiger partial charge in [-0.25, -0.2) is 21.5 Å². The number of pyridine rings is 1. The lowest BCUT2D eigenvalue weighted by atomic mass is 10.1. The SMILES string of the molecule is CS(=O)(=O)N1CCC(Nc2nc3ccc(-c4cn[nH]c4)c(OCC(F)F)n3n2)CC1. The molecule has 4 rings (SSSR count). The zero-order chi connectivity index (χ0) is 21.3. The Hall–Kier alpha value is -2.80. The normalized spacial score (nSPS) is 16.4. The molecular weight excluding hydrogens is 420 g/mol. The molecule has 0 amide bonds. The molecule has 162 valence electrons. The number of alkyl halides is 2. The topological polar surface area (TPSA) is 118 Å². The number of H-pyrrole nitrogens is 1. The second-order valence-corrected chi connectivity index (χ2v) is 9.01. The number of aromatic nitrogens is 5. The number of nitrogens with zero attached hydrogens (tertiary/aromatic N) is 5. The molecule has 30 heavy (non-hydrogen) atoms. The lowest BCUT2D eigenvalue weighted by molar-refractivity contribution is 0.0787. The average Bonchev–Trinajstić information content (AvgIpc) is 3.35. The molecule has 0 saturated carbocycles. The van der Waals surface area contributed by atoms with Crippen molar-refractivity contribution in [3.63, 3.8) is 0 Å². The zero-order valence-corrected chi connectivity index (χ0v) is 16.9. The monoisotopic (exact) mass is 441 g/mol. The highest BCUT2D eigenvalue weighted by Gasteiger charge is 2.26. The molecule has 0 atom stereocenters. The Morgan fingerprint density at radius 2 is 2.10 bits per heavy atom. The van der Waals surface area contributed by atoms with Crippen LogP contribution in [0, 0.1) is 0 Å².